The fraction of sp³-hybridized carbons (Fsp3) is 0.211. The zero-order valence-electron chi connectivity index (χ0n) is 14.6. The zero-order valence-corrected chi connectivity index (χ0v) is 15.4. The Bertz CT molecular complexity index is 823. The lowest BCUT2D eigenvalue weighted by Crippen LogP contribution is -2.35. The first-order chi connectivity index (χ1) is 12.9. The van der Waals surface area contributed by atoms with Crippen LogP contribution in [0.25, 0.3) is 0 Å². The van der Waals surface area contributed by atoms with Crippen LogP contribution < -0.4 is 15.8 Å². The number of carbonyl (C=O) groups is 3. The number of primary amides is 1. The highest BCUT2D eigenvalue weighted by molar-refractivity contribution is 6.31. The molecule has 0 aliphatic carbocycles. The third-order valence-corrected chi connectivity index (χ3v) is 3.90. The first-order valence-electron chi connectivity index (χ1n) is 8.10. The first kappa shape index (κ1) is 20.3. The summed E-state index contributed by atoms with van der Waals surface area (Å²) in [6.45, 7) is 1.45. The Kier molecular flexibility index (Phi) is 7.19. The van der Waals surface area contributed by atoms with Crippen LogP contribution in [-0.2, 0) is 20.9 Å². The SMILES string of the molecule is C[C@H](OC(=O)c1ccc(OCC(N)=O)cc1)C(=O)NCc1ccccc1Cl. The van der Waals surface area contributed by atoms with Crippen LogP contribution in [0.3, 0.4) is 0 Å². The molecule has 0 aliphatic rings. The summed E-state index contributed by atoms with van der Waals surface area (Å²) in [7, 11) is 0. The van der Waals surface area contributed by atoms with Crippen LogP contribution in [0, 0.1) is 0 Å². The second-order valence-electron chi connectivity index (χ2n) is 5.64. The monoisotopic (exact) mass is 390 g/mol. The molecule has 0 saturated carbocycles. The Morgan fingerprint density at radius 2 is 1.78 bits per heavy atom. The molecule has 2 amide bonds. The van der Waals surface area contributed by atoms with E-state index in [2.05, 4.69) is 5.32 Å². The van der Waals surface area contributed by atoms with Gasteiger partial charge in [-0.2, -0.15) is 0 Å². The molecule has 0 aromatic heterocycles. The van der Waals surface area contributed by atoms with E-state index >= 15 is 0 Å². The maximum Gasteiger partial charge on any atom is 0.338 e. The molecule has 27 heavy (non-hydrogen) atoms. The Morgan fingerprint density at radius 1 is 1.11 bits per heavy atom. The fourth-order valence-corrected chi connectivity index (χ4v) is 2.29. The van der Waals surface area contributed by atoms with Crippen LogP contribution in [0.2, 0.25) is 5.02 Å². The molecule has 0 radical (unpaired) electrons. The number of carbonyl (C=O) groups excluding carboxylic acids is 3. The van der Waals surface area contributed by atoms with E-state index in [0.717, 1.165) is 5.56 Å². The predicted molar refractivity (Wildman–Crippen MR) is 99.3 cm³/mol. The molecule has 0 fully saturated rings. The summed E-state index contributed by atoms with van der Waals surface area (Å²) in [5.74, 6) is -1.31. The van der Waals surface area contributed by atoms with Gasteiger partial charge in [-0.05, 0) is 42.8 Å². The molecule has 7 nitrogen and oxygen atoms in total. The van der Waals surface area contributed by atoms with E-state index in [1.54, 1.807) is 18.2 Å². The molecule has 8 heteroatoms. The van der Waals surface area contributed by atoms with Crippen LogP contribution in [0.1, 0.15) is 22.8 Å². The number of hydrogen-bond acceptors (Lipinski definition) is 5. The highest BCUT2D eigenvalue weighted by Gasteiger charge is 2.19. The van der Waals surface area contributed by atoms with Gasteiger partial charge in [0.15, 0.2) is 12.7 Å². The summed E-state index contributed by atoms with van der Waals surface area (Å²) in [5.41, 5.74) is 5.99. The molecule has 0 bridgehead atoms. The highest BCUT2D eigenvalue weighted by atomic mass is 35.5. The Balaban J connectivity index is 1.86. The third-order valence-electron chi connectivity index (χ3n) is 3.54. The first-order valence-corrected chi connectivity index (χ1v) is 8.48. The smallest absolute Gasteiger partial charge is 0.338 e. The van der Waals surface area contributed by atoms with Gasteiger partial charge in [-0.25, -0.2) is 4.79 Å². The summed E-state index contributed by atoms with van der Waals surface area (Å²) >= 11 is 6.03. The van der Waals surface area contributed by atoms with Gasteiger partial charge in [-0.1, -0.05) is 29.8 Å². The molecule has 2 aromatic rings. The number of halogens is 1. The van der Waals surface area contributed by atoms with Crippen LogP contribution >= 0.6 is 11.6 Å². The maximum atomic E-state index is 12.1. The van der Waals surface area contributed by atoms with Crippen molar-refractivity contribution >= 4 is 29.4 Å². The van der Waals surface area contributed by atoms with Crippen molar-refractivity contribution in [1.29, 1.82) is 0 Å². The number of ether oxygens (including phenoxy) is 2. The molecule has 3 N–H and O–H groups in total. The number of esters is 1. The molecule has 2 rings (SSSR count). The van der Waals surface area contributed by atoms with Crippen molar-refractivity contribution in [2.75, 3.05) is 6.61 Å². The summed E-state index contributed by atoms with van der Waals surface area (Å²) < 4.78 is 10.3. The standard InChI is InChI=1S/C19H19ClN2O5/c1-12(18(24)22-10-14-4-2-3-5-16(14)20)27-19(25)13-6-8-15(9-7-13)26-11-17(21)23/h2-9,12H,10-11H2,1H3,(H2,21,23)(H,22,24)/t12-/m0/s1. The molecular weight excluding hydrogens is 372 g/mol. The summed E-state index contributed by atoms with van der Waals surface area (Å²) in [5, 5.41) is 3.21. The molecule has 0 aliphatic heterocycles. The number of nitrogens with two attached hydrogens (primary N) is 1. The lowest BCUT2D eigenvalue weighted by Gasteiger charge is -2.14. The van der Waals surface area contributed by atoms with E-state index in [1.165, 1.54) is 31.2 Å². The van der Waals surface area contributed by atoms with Gasteiger partial charge < -0.3 is 20.5 Å². The average Bonchev–Trinajstić information content (AvgIpc) is 2.65. The second kappa shape index (κ2) is 9.59. The van der Waals surface area contributed by atoms with Gasteiger partial charge in [-0.3, -0.25) is 9.59 Å². The Labute approximate surface area is 161 Å². The number of rotatable bonds is 8. The van der Waals surface area contributed by atoms with Crippen LogP contribution in [0.4, 0.5) is 0 Å². The molecule has 0 saturated heterocycles. The van der Waals surface area contributed by atoms with Crippen molar-refractivity contribution in [1.82, 2.24) is 5.32 Å². The minimum Gasteiger partial charge on any atom is -0.484 e. The molecule has 142 valence electrons. The van der Waals surface area contributed by atoms with Gasteiger partial charge in [0.1, 0.15) is 5.75 Å². The van der Waals surface area contributed by atoms with Gasteiger partial charge in [-0.15, -0.1) is 0 Å². The molecule has 0 heterocycles. The van der Waals surface area contributed by atoms with Crippen molar-refractivity contribution in [3.63, 3.8) is 0 Å². The van der Waals surface area contributed by atoms with Gasteiger partial charge in [0.25, 0.3) is 11.8 Å². The van der Waals surface area contributed by atoms with E-state index in [9.17, 15) is 14.4 Å². The van der Waals surface area contributed by atoms with E-state index in [1.807, 2.05) is 6.07 Å². The van der Waals surface area contributed by atoms with E-state index in [-0.39, 0.29) is 18.7 Å². The average molecular weight is 391 g/mol. The van der Waals surface area contributed by atoms with E-state index in [0.29, 0.717) is 10.8 Å². The molecular formula is C19H19ClN2O5. The highest BCUT2D eigenvalue weighted by Crippen LogP contribution is 2.15. The summed E-state index contributed by atoms with van der Waals surface area (Å²) in [4.78, 5) is 34.9. The van der Waals surface area contributed by atoms with E-state index < -0.39 is 23.9 Å². The predicted octanol–water partition coefficient (Wildman–Crippen LogP) is 2.07. The van der Waals surface area contributed by atoms with Crippen LogP contribution in [-0.4, -0.2) is 30.5 Å². The largest absolute Gasteiger partial charge is 0.484 e. The van der Waals surface area contributed by atoms with Crippen molar-refractivity contribution in [2.45, 2.75) is 19.6 Å². The number of hydrogen-bond donors (Lipinski definition) is 2. The van der Waals surface area contributed by atoms with Gasteiger partial charge >= 0.3 is 5.97 Å². The second-order valence-corrected chi connectivity index (χ2v) is 6.04. The molecule has 0 spiro atoms. The van der Waals surface area contributed by atoms with Gasteiger partial charge in [0.2, 0.25) is 0 Å². The van der Waals surface area contributed by atoms with Crippen molar-refractivity contribution in [2.24, 2.45) is 5.73 Å². The van der Waals surface area contributed by atoms with Crippen molar-refractivity contribution < 1.29 is 23.9 Å². The zero-order chi connectivity index (χ0) is 19.8. The van der Waals surface area contributed by atoms with Crippen molar-refractivity contribution in [3.8, 4) is 5.75 Å². The quantitative estimate of drug-likeness (QED) is 0.671. The number of benzene rings is 2. The summed E-state index contributed by atoms with van der Waals surface area (Å²) in [6.07, 6.45) is -0.981. The number of nitrogens with one attached hydrogen (secondary N) is 1. The Hall–Kier alpha value is -3.06. The topological polar surface area (TPSA) is 108 Å². The normalized spacial score (nSPS) is 11.3. The lowest BCUT2D eigenvalue weighted by atomic mass is 10.2. The molecule has 2 aromatic carbocycles. The lowest BCUT2D eigenvalue weighted by molar-refractivity contribution is -0.129. The number of amides is 2. The molecule has 1 atom stereocenters. The van der Waals surface area contributed by atoms with Gasteiger partial charge in [0, 0.05) is 11.6 Å². The van der Waals surface area contributed by atoms with Gasteiger partial charge in [0.05, 0.1) is 5.56 Å². The van der Waals surface area contributed by atoms with Crippen molar-refractivity contribution in [3.05, 3.63) is 64.7 Å². The van der Waals surface area contributed by atoms with E-state index in [4.69, 9.17) is 26.8 Å². The minimum atomic E-state index is -0.981. The minimum absolute atomic E-state index is 0.228. The maximum absolute atomic E-state index is 12.1. The molecule has 0 unspecified atom stereocenters. The fourth-order valence-electron chi connectivity index (χ4n) is 2.09. The van der Waals surface area contributed by atoms with Crippen LogP contribution in [0.5, 0.6) is 5.75 Å². The Morgan fingerprint density at radius 3 is 2.41 bits per heavy atom. The van der Waals surface area contributed by atoms with Crippen LogP contribution in [0.15, 0.2) is 48.5 Å². The third kappa shape index (κ3) is 6.31. The summed E-state index contributed by atoms with van der Waals surface area (Å²) in [6, 6.07) is 13.1.